The van der Waals surface area contributed by atoms with Gasteiger partial charge >= 0.3 is 0 Å². The summed E-state index contributed by atoms with van der Waals surface area (Å²) in [5.74, 6) is 0.146. The van der Waals surface area contributed by atoms with Gasteiger partial charge < -0.3 is 0 Å². The molecule has 0 radical (unpaired) electrons. The maximum Gasteiger partial charge on any atom is 0.266 e. The molecule has 6 nitrogen and oxygen atoms in total. The largest absolute Gasteiger partial charge is 0.268 e. The Labute approximate surface area is 166 Å². The van der Waals surface area contributed by atoms with Crippen molar-refractivity contribution in [3.63, 3.8) is 0 Å². The van der Waals surface area contributed by atoms with Crippen LogP contribution in [-0.2, 0) is 10.0 Å². The Morgan fingerprint density at radius 3 is 2.68 bits per heavy atom. The van der Waals surface area contributed by atoms with Crippen molar-refractivity contribution in [2.24, 2.45) is 0 Å². The van der Waals surface area contributed by atoms with E-state index in [1.165, 1.54) is 22.4 Å². The Morgan fingerprint density at radius 1 is 1.21 bits per heavy atom. The lowest BCUT2D eigenvalue weighted by Crippen LogP contribution is -2.24. The molecule has 1 aromatic heterocycles. The molecule has 0 fully saturated rings. The van der Waals surface area contributed by atoms with Gasteiger partial charge in [0.25, 0.3) is 5.56 Å². The summed E-state index contributed by atoms with van der Waals surface area (Å²) < 4.78 is 40.2. The van der Waals surface area contributed by atoms with Gasteiger partial charge in [-0.05, 0) is 43.2 Å². The van der Waals surface area contributed by atoms with Crippen LogP contribution < -0.4 is 10.3 Å². The average Bonchev–Trinajstić information content (AvgIpc) is 2.63. The Hall–Kier alpha value is -2.23. The van der Waals surface area contributed by atoms with Gasteiger partial charge in [-0.2, -0.15) is 0 Å². The summed E-state index contributed by atoms with van der Waals surface area (Å²) >= 11 is 1.33. The van der Waals surface area contributed by atoms with E-state index < -0.39 is 15.8 Å². The second-order valence-electron chi connectivity index (χ2n) is 6.35. The second kappa shape index (κ2) is 8.42. The highest BCUT2D eigenvalue weighted by Gasteiger charge is 2.14. The van der Waals surface area contributed by atoms with Crippen LogP contribution in [0.5, 0.6) is 0 Å². The SMILES string of the molecule is Cc1ccc(-n2c(SCCCNS(C)(=O)=O)nc3ccccc3c2=O)cc1F. The fourth-order valence-electron chi connectivity index (χ4n) is 2.65. The number of benzene rings is 2. The first-order valence-electron chi connectivity index (χ1n) is 8.62. The Bertz CT molecular complexity index is 1180. The normalized spacial score (nSPS) is 11.8. The second-order valence-corrected chi connectivity index (χ2v) is 9.25. The molecule has 0 bridgehead atoms. The van der Waals surface area contributed by atoms with E-state index in [1.807, 2.05) is 0 Å². The van der Waals surface area contributed by atoms with Crippen LogP contribution in [0.15, 0.2) is 52.4 Å². The zero-order valence-corrected chi connectivity index (χ0v) is 17.1. The predicted octanol–water partition coefficient (Wildman–Crippen LogP) is 2.86. The summed E-state index contributed by atoms with van der Waals surface area (Å²) in [6.45, 7) is 1.95. The molecule has 148 valence electrons. The summed E-state index contributed by atoms with van der Waals surface area (Å²) in [4.78, 5) is 17.6. The van der Waals surface area contributed by atoms with E-state index >= 15 is 0 Å². The molecule has 9 heteroatoms. The van der Waals surface area contributed by atoms with Crippen molar-refractivity contribution in [1.29, 1.82) is 0 Å². The summed E-state index contributed by atoms with van der Waals surface area (Å²) in [5.41, 5.74) is 1.19. The minimum atomic E-state index is -3.24. The lowest BCUT2D eigenvalue weighted by Gasteiger charge is -2.14. The molecule has 0 atom stereocenters. The quantitative estimate of drug-likeness (QED) is 0.360. The van der Waals surface area contributed by atoms with Crippen molar-refractivity contribution in [2.75, 3.05) is 18.6 Å². The smallest absolute Gasteiger partial charge is 0.266 e. The Balaban J connectivity index is 1.97. The molecule has 0 aliphatic carbocycles. The summed E-state index contributed by atoms with van der Waals surface area (Å²) in [6.07, 6.45) is 1.66. The van der Waals surface area contributed by atoms with E-state index in [-0.39, 0.29) is 5.56 Å². The van der Waals surface area contributed by atoms with Crippen LogP contribution in [0.3, 0.4) is 0 Å². The molecule has 3 aromatic rings. The molecule has 0 aliphatic rings. The van der Waals surface area contributed by atoms with E-state index in [0.717, 1.165) is 6.26 Å². The van der Waals surface area contributed by atoms with E-state index in [4.69, 9.17) is 0 Å². The van der Waals surface area contributed by atoms with Gasteiger partial charge in [-0.25, -0.2) is 22.5 Å². The monoisotopic (exact) mass is 421 g/mol. The van der Waals surface area contributed by atoms with Gasteiger partial charge in [-0.1, -0.05) is 30.0 Å². The van der Waals surface area contributed by atoms with Gasteiger partial charge in [0.05, 0.1) is 22.8 Å². The Morgan fingerprint density at radius 2 is 1.96 bits per heavy atom. The highest BCUT2D eigenvalue weighted by atomic mass is 32.2. The van der Waals surface area contributed by atoms with Crippen LogP contribution in [-0.4, -0.2) is 36.5 Å². The topological polar surface area (TPSA) is 81.1 Å². The van der Waals surface area contributed by atoms with Crippen molar-refractivity contribution < 1.29 is 12.8 Å². The first-order chi connectivity index (χ1) is 13.3. The maximum atomic E-state index is 14.1. The van der Waals surface area contributed by atoms with Gasteiger partial charge in [0, 0.05) is 12.3 Å². The number of sulfonamides is 1. The molecule has 2 aromatic carbocycles. The highest BCUT2D eigenvalue weighted by Crippen LogP contribution is 2.23. The van der Waals surface area contributed by atoms with Crippen molar-refractivity contribution in [3.8, 4) is 5.69 Å². The number of aromatic nitrogens is 2. The first kappa shape index (κ1) is 20.5. The molecule has 0 amide bonds. The number of hydrogen-bond acceptors (Lipinski definition) is 5. The Kier molecular flexibility index (Phi) is 6.17. The standard InChI is InChI=1S/C19H20FN3O3S2/c1-13-8-9-14(12-16(13)20)23-18(24)15-6-3-4-7-17(15)22-19(23)27-11-5-10-21-28(2,25)26/h3-4,6-9,12,21H,5,10-11H2,1-2H3. The van der Waals surface area contributed by atoms with E-state index in [0.29, 0.717) is 46.0 Å². The lowest BCUT2D eigenvalue weighted by atomic mass is 10.2. The molecular weight excluding hydrogens is 401 g/mol. The van der Waals surface area contributed by atoms with Crippen LogP contribution in [0.1, 0.15) is 12.0 Å². The van der Waals surface area contributed by atoms with Crippen molar-refractivity contribution in [3.05, 3.63) is 64.2 Å². The number of fused-ring (bicyclic) bond motifs is 1. The van der Waals surface area contributed by atoms with Gasteiger partial charge in [-0.3, -0.25) is 9.36 Å². The number of rotatable bonds is 7. The zero-order chi connectivity index (χ0) is 20.3. The van der Waals surface area contributed by atoms with E-state index in [1.54, 1.807) is 43.3 Å². The van der Waals surface area contributed by atoms with Crippen LogP contribution in [0, 0.1) is 12.7 Å². The first-order valence-corrected chi connectivity index (χ1v) is 11.5. The predicted molar refractivity (Wildman–Crippen MR) is 110 cm³/mol. The summed E-state index contributed by atoms with van der Waals surface area (Å²) in [5, 5.41) is 0.887. The molecule has 0 saturated carbocycles. The molecule has 1 N–H and O–H groups in total. The molecule has 0 unspecified atom stereocenters. The van der Waals surface area contributed by atoms with Crippen LogP contribution in [0.25, 0.3) is 16.6 Å². The van der Waals surface area contributed by atoms with Gasteiger partial charge in [0.1, 0.15) is 5.82 Å². The van der Waals surface area contributed by atoms with E-state index in [2.05, 4.69) is 9.71 Å². The number of thioether (sulfide) groups is 1. The third-order valence-corrected chi connectivity index (χ3v) is 5.83. The van der Waals surface area contributed by atoms with Crippen molar-refractivity contribution >= 4 is 32.7 Å². The van der Waals surface area contributed by atoms with Crippen molar-refractivity contribution in [2.45, 2.75) is 18.5 Å². The molecule has 1 heterocycles. The lowest BCUT2D eigenvalue weighted by molar-refractivity contribution is 0.587. The van der Waals surface area contributed by atoms with Crippen LogP contribution in [0.4, 0.5) is 4.39 Å². The van der Waals surface area contributed by atoms with Crippen molar-refractivity contribution in [1.82, 2.24) is 14.3 Å². The van der Waals surface area contributed by atoms with Crippen LogP contribution >= 0.6 is 11.8 Å². The number of hydrogen-bond donors (Lipinski definition) is 1. The molecule has 0 saturated heterocycles. The van der Waals surface area contributed by atoms with Gasteiger partial charge in [0.15, 0.2) is 5.16 Å². The minimum Gasteiger partial charge on any atom is -0.268 e. The fraction of sp³-hybridized carbons (Fsp3) is 0.263. The number of nitrogens with zero attached hydrogens (tertiary/aromatic N) is 2. The number of nitrogens with one attached hydrogen (secondary N) is 1. The highest BCUT2D eigenvalue weighted by molar-refractivity contribution is 7.99. The van der Waals surface area contributed by atoms with Gasteiger partial charge in [-0.15, -0.1) is 0 Å². The molecule has 0 aliphatic heterocycles. The van der Waals surface area contributed by atoms with E-state index in [9.17, 15) is 17.6 Å². The third-order valence-electron chi connectivity index (χ3n) is 4.08. The minimum absolute atomic E-state index is 0.273. The average molecular weight is 422 g/mol. The molecular formula is C19H20FN3O3S2. The fourth-order valence-corrected chi connectivity index (χ4v) is 4.12. The maximum absolute atomic E-state index is 14.1. The van der Waals surface area contributed by atoms with Gasteiger partial charge in [0.2, 0.25) is 10.0 Å². The number of aryl methyl sites for hydroxylation is 1. The third kappa shape index (κ3) is 4.78. The zero-order valence-electron chi connectivity index (χ0n) is 15.5. The molecule has 0 spiro atoms. The summed E-state index contributed by atoms with van der Waals surface area (Å²) in [7, 11) is -3.24. The number of halogens is 1. The molecule has 28 heavy (non-hydrogen) atoms. The van der Waals surface area contributed by atoms with Crippen LogP contribution in [0.2, 0.25) is 0 Å². The molecule has 3 rings (SSSR count). The number of para-hydroxylation sites is 1. The summed E-state index contributed by atoms with van der Waals surface area (Å²) in [6, 6.07) is 11.6.